The fourth-order valence-corrected chi connectivity index (χ4v) is 2.94. The number of carbonyl (C=O) groups excluding carboxylic acids is 1. The highest BCUT2D eigenvalue weighted by Crippen LogP contribution is 2.28. The Labute approximate surface area is 104 Å². The zero-order chi connectivity index (χ0) is 12.1. The van der Waals surface area contributed by atoms with Gasteiger partial charge in [0.1, 0.15) is 0 Å². The van der Waals surface area contributed by atoms with Crippen LogP contribution in [-0.4, -0.2) is 49.2 Å². The lowest BCUT2D eigenvalue weighted by Crippen LogP contribution is -2.45. The highest BCUT2D eigenvalue weighted by atomic mass is 16.5. The van der Waals surface area contributed by atoms with Crippen molar-refractivity contribution in [2.24, 2.45) is 0 Å². The molecule has 4 nitrogen and oxygen atoms in total. The van der Waals surface area contributed by atoms with Crippen LogP contribution in [0, 0.1) is 0 Å². The average molecular weight is 240 g/mol. The summed E-state index contributed by atoms with van der Waals surface area (Å²) in [7, 11) is 0. The Morgan fingerprint density at radius 3 is 3.18 bits per heavy atom. The third-order valence-electron chi connectivity index (χ3n) is 3.80. The normalized spacial score (nSPS) is 28.5. The van der Waals surface area contributed by atoms with E-state index >= 15 is 0 Å². The third-order valence-corrected chi connectivity index (χ3v) is 3.80. The minimum absolute atomic E-state index is 0.344. The van der Waals surface area contributed by atoms with Crippen molar-refractivity contribution in [2.75, 3.05) is 26.3 Å². The van der Waals surface area contributed by atoms with Crippen LogP contribution in [-0.2, 0) is 9.53 Å². The number of fused-ring (bicyclic) bond motifs is 1. The van der Waals surface area contributed by atoms with E-state index in [1.807, 2.05) is 6.92 Å². The minimum Gasteiger partial charge on any atom is -0.382 e. The van der Waals surface area contributed by atoms with Crippen LogP contribution in [0.4, 0.5) is 0 Å². The number of hydrogen-bond donors (Lipinski definition) is 1. The molecule has 2 aliphatic heterocycles. The molecule has 2 heterocycles. The summed E-state index contributed by atoms with van der Waals surface area (Å²) in [6.45, 7) is 5.56. The predicted octanol–water partition coefficient (Wildman–Crippen LogP) is 1.16. The molecule has 2 fully saturated rings. The summed E-state index contributed by atoms with van der Waals surface area (Å²) in [5.41, 5.74) is 0. The largest absolute Gasteiger partial charge is 0.382 e. The molecule has 0 aromatic heterocycles. The van der Waals surface area contributed by atoms with E-state index in [1.165, 1.54) is 19.3 Å². The molecule has 98 valence electrons. The molecule has 2 atom stereocenters. The van der Waals surface area contributed by atoms with Crippen molar-refractivity contribution in [1.82, 2.24) is 10.2 Å². The van der Waals surface area contributed by atoms with Gasteiger partial charge in [-0.3, -0.25) is 4.79 Å². The van der Waals surface area contributed by atoms with Gasteiger partial charge in [0.25, 0.3) is 0 Å². The first-order chi connectivity index (χ1) is 8.33. The predicted molar refractivity (Wildman–Crippen MR) is 66.9 cm³/mol. The highest BCUT2D eigenvalue weighted by molar-refractivity contribution is 5.80. The molecule has 2 rings (SSSR count). The maximum absolute atomic E-state index is 11.8. The molecule has 17 heavy (non-hydrogen) atoms. The molecule has 2 aliphatic rings. The summed E-state index contributed by atoms with van der Waals surface area (Å²) in [6, 6.07) is 0.841. The van der Waals surface area contributed by atoms with Crippen molar-refractivity contribution < 1.29 is 9.53 Å². The van der Waals surface area contributed by atoms with E-state index in [0.717, 1.165) is 32.7 Å². The van der Waals surface area contributed by atoms with E-state index in [-0.39, 0.29) is 0 Å². The van der Waals surface area contributed by atoms with Gasteiger partial charge in [-0.1, -0.05) is 0 Å². The van der Waals surface area contributed by atoms with Crippen molar-refractivity contribution in [1.29, 1.82) is 0 Å². The van der Waals surface area contributed by atoms with Crippen molar-refractivity contribution in [3.8, 4) is 0 Å². The standard InChI is InChI=1S/C13H24N2O2/c1-2-17-9-5-7-14-11-10-13(16)15-8-4-3-6-12(11)15/h11-12,14H,2-10H2,1H3. The van der Waals surface area contributed by atoms with Crippen LogP contribution < -0.4 is 5.32 Å². The van der Waals surface area contributed by atoms with Crippen molar-refractivity contribution in [2.45, 2.75) is 51.1 Å². The second-order valence-electron chi connectivity index (χ2n) is 4.97. The fourth-order valence-electron chi connectivity index (χ4n) is 2.94. The average Bonchev–Trinajstić information content (AvgIpc) is 2.67. The lowest BCUT2D eigenvalue weighted by Gasteiger charge is -2.32. The van der Waals surface area contributed by atoms with Gasteiger partial charge in [0.2, 0.25) is 5.91 Å². The fraction of sp³-hybridized carbons (Fsp3) is 0.923. The molecule has 0 radical (unpaired) electrons. The van der Waals surface area contributed by atoms with Gasteiger partial charge < -0.3 is 15.0 Å². The van der Waals surface area contributed by atoms with Crippen LogP contribution in [0.5, 0.6) is 0 Å². The van der Waals surface area contributed by atoms with E-state index in [9.17, 15) is 4.79 Å². The summed E-state index contributed by atoms with van der Waals surface area (Å²) in [5.74, 6) is 0.344. The molecular weight excluding hydrogens is 216 g/mol. The van der Waals surface area contributed by atoms with Crippen LogP contribution in [0.1, 0.15) is 39.0 Å². The molecule has 1 N–H and O–H groups in total. The number of amides is 1. The number of ether oxygens (including phenoxy) is 1. The lowest BCUT2D eigenvalue weighted by molar-refractivity contribution is -0.129. The van der Waals surface area contributed by atoms with E-state index in [4.69, 9.17) is 4.74 Å². The van der Waals surface area contributed by atoms with Gasteiger partial charge in [-0.05, 0) is 39.2 Å². The molecule has 0 aromatic rings. The Bertz CT molecular complexity index is 258. The Morgan fingerprint density at radius 2 is 2.35 bits per heavy atom. The van der Waals surface area contributed by atoms with E-state index in [1.54, 1.807) is 0 Å². The third kappa shape index (κ3) is 3.19. The maximum atomic E-state index is 11.8. The first kappa shape index (κ1) is 12.8. The summed E-state index contributed by atoms with van der Waals surface area (Å²) < 4.78 is 5.31. The molecule has 0 bridgehead atoms. The molecule has 0 aromatic carbocycles. The van der Waals surface area contributed by atoms with Gasteiger partial charge in [-0.25, -0.2) is 0 Å². The van der Waals surface area contributed by atoms with Crippen LogP contribution in [0.15, 0.2) is 0 Å². The van der Waals surface area contributed by atoms with Crippen molar-refractivity contribution >= 4 is 5.91 Å². The van der Waals surface area contributed by atoms with Crippen LogP contribution in [0.3, 0.4) is 0 Å². The zero-order valence-corrected chi connectivity index (χ0v) is 10.8. The number of carbonyl (C=O) groups is 1. The monoisotopic (exact) mass is 240 g/mol. The van der Waals surface area contributed by atoms with Gasteiger partial charge in [-0.2, -0.15) is 0 Å². The quantitative estimate of drug-likeness (QED) is 0.708. The number of piperidine rings is 1. The first-order valence-electron chi connectivity index (χ1n) is 6.93. The Hall–Kier alpha value is -0.610. The topological polar surface area (TPSA) is 41.6 Å². The van der Waals surface area contributed by atoms with Crippen molar-refractivity contribution in [3.05, 3.63) is 0 Å². The van der Waals surface area contributed by atoms with Gasteiger partial charge in [0.15, 0.2) is 0 Å². The minimum atomic E-state index is 0.344. The van der Waals surface area contributed by atoms with Gasteiger partial charge >= 0.3 is 0 Å². The molecule has 2 unspecified atom stereocenters. The Balaban J connectivity index is 1.71. The Morgan fingerprint density at radius 1 is 1.47 bits per heavy atom. The molecular formula is C13H24N2O2. The molecule has 0 aliphatic carbocycles. The SMILES string of the molecule is CCOCCCNC1CC(=O)N2CCCCC12. The van der Waals surface area contributed by atoms with Gasteiger partial charge in [0, 0.05) is 38.3 Å². The van der Waals surface area contributed by atoms with E-state index < -0.39 is 0 Å². The lowest BCUT2D eigenvalue weighted by atomic mass is 9.99. The summed E-state index contributed by atoms with van der Waals surface area (Å²) >= 11 is 0. The van der Waals surface area contributed by atoms with Crippen LogP contribution in [0.25, 0.3) is 0 Å². The number of hydrogen-bond acceptors (Lipinski definition) is 3. The molecule has 0 saturated carbocycles. The molecule has 2 saturated heterocycles. The van der Waals surface area contributed by atoms with Crippen LogP contribution in [0.2, 0.25) is 0 Å². The summed E-state index contributed by atoms with van der Waals surface area (Å²) in [4.78, 5) is 13.9. The number of nitrogens with one attached hydrogen (secondary N) is 1. The second kappa shape index (κ2) is 6.36. The first-order valence-corrected chi connectivity index (χ1v) is 6.93. The maximum Gasteiger partial charge on any atom is 0.224 e. The summed E-state index contributed by atoms with van der Waals surface area (Å²) in [5, 5.41) is 3.53. The highest BCUT2D eigenvalue weighted by Gasteiger charge is 2.40. The summed E-state index contributed by atoms with van der Waals surface area (Å²) in [6.07, 6.45) is 5.35. The van der Waals surface area contributed by atoms with E-state index in [2.05, 4.69) is 10.2 Å². The van der Waals surface area contributed by atoms with Gasteiger partial charge in [-0.15, -0.1) is 0 Å². The molecule has 1 amide bonds. The molecule has 0 spiro atoms. The molecule has 4 heteroatoms. The second-order valence-corrected chi connectivity index (χ2v) is 4.97. The Kier molecular flexibility index (Phi) is 4.80. The van der Waals surface area contributed by atoms with Crippen molar-refractivity contribution in [3.63, 3.8) is 0 Å². The number of rotatable bonds is 6. The van der Waals surface area contributed by atoms with Gasteiger partial charge in [0.05, 0.1) is 0 Å². The zero-order valence-electron chi connectivity index (χ0n) is 10.8. The van der Waals surface area contributed by atoms with Crippen LogP contribution >= 0.6 is 0 Å². The number of nitrogens with zero attached hydrogens (tertiary/aromatic N) is 1. The van der Waals surface area contributed by atoms with E-state index in [0.29, 0.717) is 24.4 Å². The smallest absolute Gasteiger partial charge is 0.224 e.